The molecule has 0 radical (unpaired) electrons. The Morgan fingerprint density at radius 2 is 1.92 bits per heavy atom. The van der Waals surface area contributed by atoms with Gasteiger partial charge in [0, 0.05) is 32.1 Å². The van der Waals surface area contributed by atoms with Gasteiger partial charge in [0.2, 0.25) is 11.8 Å². The number of phenolic OH excluding ortho intramolecular Hbond substituents is 1. The summed E-state index contributed by atoms with van der Waals surface area (Å²) in [7, 11) is 0. The standard InChI is InChI=1S/C17H23N3O4/c1-11(2)20-10-12(9-15(20)22)16(23)18-7-8-19-17(24)13-5-3-4-6-14(13)21/h3-6,11-12,21H,7-10H2,1-2H3,(H,18,23)(H,19,24). The zero-order valence-corrected chi connectivity index (χ0v) is 13.9. The summed E-state index contributed by atoms with van der Waals surface area (Å²) in [5.41, 5.74) is 0.192. The SMILES string of the molecule is CC(C)N1CC(C(=O)NCCNC(=O)c2ccccc2O)CC1=O. The fourth-order valence-electron chi connectivity index (χ4n) is 2.67. The largest absolute Gasteiger partial charge is 0.507 e. The third kappa shape index (κ3) is 4.24. The summed E-state index contributed by atoms with van der Waals surface area (Å²) in [6.45, 7) is 4.80. The number of hydrogen-bond acceptors (Lipinski definition) is 4. The van der Waals surface area contributed by atoms with E-state index >= 15 is 0 Å². The molecule has 1 aliphatic rings. The number of phenols is 1. The molecule has 0 bridgehead atoms. The molecule has 24 heavy (non-hydrogen) atoms. The number of nitrogens with one attached hydrogen (secondary N) is 2. The quantitative estimate of drug-likeness (QED) is 0.660. The summed E-state index contributed by atoms with van der Waals surface area (Å²) in [4.78, 5) is 37.5. The van der Waals surface area contributed by atoms with Gasteiger partial charge in [-0.05, 0) is 26.0 Å². The monoisotopic (exact) mass is 333 g/mol. The van der Waals surface area contributed by atoms with Crippen molar-refractivity contribution in [2.45, 2.75) is 26.3 Å². The van der Waals surface area contributed by atoms with Crippen LogP contribution in [-0.4, -0.2) is 53.4 Å². The van der Waals surface area contributed by atoms with E-state index in [0.29, 0.717) is 6.54 Å². The third-order valence-electron chi connectivity index (χ3n) is 4.01. The average Bonchev–Trinajstić information content (AvgIpc) is 2.94. The number of amides is 3. The molecule has 7 nitrogen and oxygen atoms in total. The molecule has 1 atom stereocenters. The van der Waals surface area contributed by atoms with Crippen LogP contribution < -0.4 is 10.6 Å². The summed E-state index contributed by atoms with van der Waals surface area (Å²) >= 11 is 0. The van der Waals surface area contributed by atoms with Crippen LogP contribution in [0.4, 0.5) is 0 Å². The highest BCUT2D eigenvalue weighted by Crippen LogP contribution is 2.20. The molecule has 1 aromatic carbocycles. The lowest BCUT2D eigenvalue weighted by Gasteiger charge is -2.20. The van der Waals surface area contributed by atoms with E-state index in [-0.39, 0.29) is 54.6 Å². The van der Waals surface area contributed by atoms with E-state index in [0.717, 1.165) is 0 Å². The zero-order chi connectivity index (χ0) is 17.7. The lowest BCUT2D eigenvalue weighted by atomic mass is 10.1. The Labute approximate surface area is 141 Å². The first-order valence-corrected chi connectivity index (χ1v) is 8.03. The van der Waals surface area contributed by atoms with Crippen molar-refractivity contribution in [1.29, 1.82) is 0 Å². The van der Waals surface area contributed by atoms with Gasteiger partial charge in [-0.2, -0.15) is 0 Å². The van der Waals surface area contributed by atoms with Gasteiger partial charge in [0.15, 0.2) is 0 Å². The third-order valence-corrected chi connectivity index (χ3v) is 4.01. The van der Waals surface area contributed by atoms with Crippen molar-refractivity contribution >= 4 is 17.7 Å². The number of carbonyl (C=O) groups is 3. The first-order chi connectivity index (χ1) is 11.4. The Kier molecular flexibility index (Phi) is 5.78. The van der Waals surface area contributed by atoms with Crippen LogP contribution in [0.3, 0.4) is 0 Å². The zero-order valence-electron chi connectivity index (χ0n) is 13.9. The topological polar surface area (TPSA) is 98.7 Å². The van der Waals surface area contributed by atoms with Gasteiger partial charge in [-0.15, -0.1) is 0 Å². The molecule has 0 aliphatic carbocycles. The number of carbonyl (C=O) groups excluding carboxylic acids is 3. The number of nitrogens with zero attached hydrogens (tertiary/aromatic N) is 1. The maximum Gasteiger partial charge on any atom is 0.255 e. The van der Waals surface area contributed by atoms with Gasteiger partial charge < -0.3 is 20.6 Å². The Morgan fingerprint density at radius 1 is 1.25 bits per heavy atom. The van der Waals surface area contributed by atoms with Crippen molar-refractivity contribution in [3.8, 4) is 5.75 Å². The smallest absolute Gasteiger partial charge is 0.255 e. The minimum atomic E-state index is -0.399. The van der Waals surface area contributed by atoms with E-state index in [1.54, 1.807) is 17.0 Å². The lowest BCUT2D eigenvalue weighted by molar-refractivity contribution is -0.129. The van der Waals surface area contributed by atoms with Crippen LogP contribution in [0.25, 0.3) is 0 Å². The molecule has 1 aliphatic heterocycles. The van der Waals surface area contributed by atoms with Crippen molar-refractivity contribution in [3.05, 3.63) is 29.8 Å². The molecule has 2 rings (SSSR count). The van der Waals surface area contributed by atoms with Crippen LogP contribution in [-0.2, 0) is 9.59 Å². The molecule has 1 saturated heterocycles. The van der Waals surface area contributed by atoms with Gasteiger partial charge in [0.05, 0.1) is 11.5 Å². The molecule has 1 fully saturated rings. The molecular formula is C17H23N3O4. The Hall–Kier alpha value is -2.57. The second kappa shape index (κ2) is 7.81. The van der Waals surface area contributed by atoms with E-state index in [2.05, 4.69) is 10.6 Å². The van der Waals surface area contributed by atoms with Crippen molar-refractivity contribution in [1.82, 2.24) is 15.5 Å². The molecule has 1 aromatic rings. The highest BCUT2D eigenvalue weighted by molar-refractivity contribution is 5.96. The van der Waals surface area contributed by atoms with Gasteiger partial charge in [-0.25, -0.2) is 0 Å². The molecule has 130 valence electrons. The Bertz CT molecular complexity index is 630. The van der Waals surface area contributed by atoms with E-state index in [4.69, 9.17) is 0 Å². The van der Waals surface area contributed by atoms with Crippen molar-refractivity contribution in [2.24, 2.45) is 5.92 Å². The number of rotatable bonds is 6. The minimum Gasteiger partial charge on any atom is -0.507 e. The number of hydrogen-bond donors (Lipinski definition) is 3. The summed E-state index contributed by atoms with van der Waals surface area (Å²) in [5.74, 6) is -1.00. The maximum absolute atomic E-state index is 12.1. The summed E-state index contributed by atoms with van der Waals surface area (Å²) in [6, 6.07) is 6.35. The van der Waals surface area contributed by atoms with E-state index < -0.39 is 5.91 Å². The number of benzene rings is 1. The van der Waals surface area contributed by atoms with Crippen LogP contribution in [0.15, 0.2) is 24.3 Å². The molecule has 3 amide bonds. The first kappa shape index (κ1) is 17.8. The highest BCUT2D eigenvalue weighted by atomic mass is 16.3. The predicted octanol–water partition coefficient (Wildman–Crippen LogP) is 0.495. The van der Waals surface area contributed by atoms with Crippen molar-refractivity contribution < 1.29 is 19.5 Å². The van der Waals surface area contributed by atoms with Crippen LogP contribution in [0.1, 0.15) is 30.6 Å². The van der Waals surface area contributed by atoms with Gasteiger partial charge >= 0.3 is 0 Å². The second-order valence-corrected chi connectivity index (χ2v) is 6.10. The Balaban J connectivity index is 1.73. The molecule has 0 saturated carbocycles. The Morgan fingerprint density at radius 3 is 2.54 bits per heavy atom. The number of likely N-dealkylation sites (tertiary alicyclic amines) is 1. The number of aromatic hydroxyl groups is 1. The van der Waals surface area contributed by atoms with Crippen LogP contribution in [0.5, 0.6) is 5.75 Å². The van der Waals surface area contributed by atoms with Crippen LogP contribution in [0, 0.1) is 5.92 Å². The van der Waals surface area contributed by atoms with Gasteiger partial charge in [-0.1, -0.05) is 12.1 Å². The normalized spacial score (nSPS) is 17.2. The lowest BCUT2D eigenvalue weighted by Crippen LogP contribution is -2.39. The summed E-state index contributed by atoms with van der Waals surface area (Å²) in [6.07, 6.45) is 0.230. The highest BCUT2D eigenvalue weighted by Gasteiger charge is 2.35. The van der Waals surface area contributed by atoms with Crippen molar-refractivity contribution in [3.63, 3.8) is 0 Å². The maximum atomic E-state index is 12.1. The fraction of sp³-hybridized carbons (Fsp3) is 0.471. The predicted molar refractivity (Wildman–Crippen MR) is 88.4 cm³/mol. The molecule has 3 N–H and O–H groups in total. The van der Waals surface area contributed by atoms with Crippen LogP contribution in [0.2, 0.25) is 0 Å². The second-order valence-electron chi connectivity index (χ2n) is 6.10. The molecule has 0 aromatic heterocycles. The fourth-order valence-corrected chi connectivity index (χ4v) is 2.67. The van der Waals surface area contributed by atoms with Gasteiger partial charge in [0.1, 0.15) is 5.75 Å². The summed E-state index contributed by atoms with van der Waals surface area (Å²) < 4.78 is 0. The molecular weight excluding hydrogens is 310 g/mol. The van der Waals surface area contributed by atoms with Gasteiger partial charge in [-0.3, -0.25) is 14.4 Å². The molecule has 1 heterocycles. The molecule has 0 spiro atoms. The summed E-state index contributed by atoms with van der Waals surface area (Å²) in [5, 5.41) is 15.0. The van der Waals surface area contributed by atoms with E-state index in [1.165, 1.54) is 12.1 Å². The van der Waals surface area contributed by atoms with E-state index in [1.807, 2.05) is 13.8 Å². The minimum absolute atomic E-state index is 0.00185. The van der Waals surface area contributed by atoms with E-state index in [9.17, 15) is 19.5 Å². The number of para-hydroxylation sites is 1. The molecule has 1 unspecified atom stereocenters. The van der Waals surface area contributed by atoms with Gasteiger partial charge in [0.25, 0.3) is 5.91 Å². The van der Waals surface area contributed by atoms with Crippen LogP contribution >= 0.6 is 0 Å². The molecule has 7 heteroatoms. The first-order valence-electron chi connectivity index (χ1n) is 8.03. The average molecular weight is 333 g/mol. The van der Waals surface area contributed by atoms with Crippen molar-refractivity contribution in [2.75, 3.05) is 19.6 Å².